The van der Waals surface area contributed by atoms with Crippen molar-refractivity contribution in [2.24, 2.45) is 0 Å². The normalized spacial score (nSPS) is 13.7. The Hall–Kier alpha value is -1.75. The number of aromatic nitrogens is 2. The van der Waals surface area contributed by atoms with Crippen LogP contribution in [-0.4, -0.2) is 32.2 Å². The van der Waals surface area contributed by atoms with Crippen LogP contribution in [0.1, 0.15) is 18.3 Å². The van der Waals surface area contributed by atoms with Crippen molar-refractivity contribution in [2.75, 3.05) is 18.1 Å². The molecule has 1 aromatic carbocycles. The molecule has 1 heterocycles. The number of rotatable bonds is 6. The minimum absolute atomic E-state index is 0.0996. The zero-order chi connectivity index (χ0) is 14.4. The van der Waals surface area contributed by atoms with Crippen LogP contribution < -0.4 is 5.32 Å². The fraction of sp³-hybridized carbons (Fsp3) is 0.333. The van der Waals surface area contributed by atoms with E-state index in [4.69, 9.17) is 0 Å². The summed E-state index contributed by atoms with van der Waals surface area (Å²) in [6.45, 7) is 2.60. The summed E-state index contributed by atoms with van der Waals surface area (Å²) >= 11 is 0. The highest BCUT2D eigenvalue weighted by Crippen LogP contribution is 2.08. The number of nitrogens with zero attached hydrogens (tertiary/aromatic N) is 2. The first kappa shape index (κ1) is 14.7. The Labute approximate surface area is 122 Å². The summed E-state index contributed by atoms with van der Waals surface area (Å²) in [7, 11) is -0.827. The molecular formula is C15H19N3OS. The molecule has 0 amide bonds. The van der Waals surface area contributed by atoms with Gasteiger partial charge in [-0.05, 0) is 18.6 Å². The number of benzene rings is 1. The Kier molecular flexibility index (Phi) is 5.24. The van der Waals surface area contributed by atoms with Gasteiger partial charge in [0, 0.05) is 41.5 Å². The van der Waals surface area contributed by atoms with Gasteiger partial charge in [-0.25, -0.2) is 9.97 Å². The van der Waals surface area contributed by atoms with Gasteiger partial charge in [0.05, 0.1) is 0 Å². The molecule has 0 fully saturated rings. The first-order valence-corrected chi connectivity index (χ1v) is 8.19. The summed E-state index contributed by atoms with van der Waals surface area (Å²) in [5, 5.41) is 3.31. The molecule has 2 rings (SSSR count). The van der Waals surface area contributed by atoms with Crippen LogP contribution in [0.25, 0.3) is 0 Å². The molecule has 106 valence electrons. The van der Waals surface area contributed by atoms with Crippen molar-refractivity contribution in [1.82, 2.24) is 9.97 Å². The molecule has 0 bridgehead atoms. The van der Waals surface area contributed by atoms with E-state index in [9.17, 15) is 4.21 Å². The summed E-state index contributed by atoms with van der Waals surface area (Å²) < 4.78 is 11.3. The molecule has 0 saturated carbocycles. The van der Waals surface area contributed by atoms with Gasteiger partial charge in [0.25, 0.3) is 0 Å². The van der Waals surface area contributed by atoms with Gasteiger partial charge in [-0.1, -0.05) is 30.3 Å². The number of hydrogen-bond donors (Lipinski definition) is 1. The predicted octanol–water partition coefficient (Wildman–Crippen LogP) is 2.25. The first-order chi connectivity index (χ1) is 9.65. The fourth-order valence-corrected chi connectivity index (χ4v) is 2.04. The zero-order valence-electron chi connectivity index (χ0n) is 11.7. The summed E-state index contributed by atoms with van der Waals surface area (Å²) in [6.07, 6.45) is 4.18. The van der Waals surface area contributed by atoms with Gasteiger partial charge in [-0.2, -0.15) is 0 Å². The van der Waals surface area contributed by atoms with E-state index < -0.39 is 10.8 Å². The number of anilines is 1. The minimum Gasteiger partial charge on any atom is -0.369 e. The maximum Gasteiger partial charge on any atom is 0.135 e. The lowest BCUT2D eigenvalue weighted by Gasteiger charge is -2.11. The molecule has 4 nitrogen and oxygen atoms in total. The van der Waals surface area contributed by atoms with Crippen molar-refractivity contribution in [1.29, 1.82) is 0 Å². The smallest absolute Gasteiger partial charge is 0.135 e. The predicted molar refractivity (Wildman–Crippen MR) is 83.3 cm³/mol. The van der Waals surface area contributed by atoms with E-state index in [-0.39, 0.29) is 5.25 Å². The minimum atomic E-state index is -0.827. The second-order valence-corrected chi connectivity index (χ2v) is 6.51. The fourth-order valence-electron chi connectivity index (χ4n) is 1.73. The van der Waals surface area contributed by atoms with Crippen molar-refractivity contribution in [2.45, 2.75) is 18.6 Å². The van der Waals surface area contributed by atoms with Crippen molar-refractivity contribution in [3.8, 4) is 0 Å². The topological polar surface area (TPSA) is 54.9 Å². The average Bonchev–Trinajstić information content (AvgIpc) is 2.46. The third-order valence-electron chi connectivity index (χ3n) is 3.05. The SMILES string of the molecule is C[C@@H](CNc1ccnc(Cc2ccccc2)n1)[S@](C)=O. The van der Waals surface area contributed by atoms with Crippen LogP contribution in [0.15, 0.2) is 42.6 Å². The number of hydrogen-bond acceptors (Lipinski definition) is 4. The molecule has 1 N–H and O–H groups in total. The summed E-state index contributed by atoms with van der Waals surface area (Å²) in [5.74, 6) is 1.56. The highest BCUT2D eigenvalue weighted by Gasteiger charge is 2.06. The Bertz CT molecular complexity index is 574. The Balaban J connectivity index is 1.99. The monoisotopic (exact) mass is 289 g/mol. The summed E-state index contributed by atoms with van der Waals surface area (Å²) in [5.41, 5.74) is 1.19. The van der Waals surface area contributed by atoms with Crippen molar-refractivity contribution >= 4 is 16.6 Å². The largest absolute Gasteiger partial charge is 0.369 e. The third kappa shape index (κ3) is 4.42. The molecule has 0 spiro atoms. The molecule has 5 heteroatoms. The molecule has 0 aliphatic heterocycles. The van der Waals surface area contributed by atoms with Gasteiger partial charge in [-0.3, -0.25) is 4.21 Å². The molecule has 0 radical (unpaired) electrons. The standard InChI is InChI=1S/C15H19N3OS/c1-12(20(2)19)11-17-14-8-9-16-15(18-14)10-13-6-4-3-5-7-13/h3-9,12H,10-11H2,1-2H3,(H,16,17,18)/t12-,20-/m0/s1. The molecule has 2 atom stereocenters. The first-order valence-electron chi connectivity index (χ1n) is 6.57. The summed E-state index contributed by atoms with van der Waals surface area (Å²) in [6, 6.07) is 12.0. The highest BCUT2D eigenvalue weighted by atomic mass is 32.2. The van der Waals surface area contributed by atoms with Gasteiger partial charge in [-0.15, -0.1) is 0 Å². The lowest BCUT2D eigenvalue weighted by Crippen LogP contribution is -2.21. The van der Waals surface area contributed by atoms with Crippen LogP contribution in [0, 0.1) is 0 Å². The highest BCUT2D eigenvalue weighted by molar-refractivity contribution is 7.84. The van der Waals surface area contributed by atoms with E-state index in [1.807, 2.05) is 31.2 Å². The van der Waals surface area contributed by atoms with Gasteiger partial charge < -0.3 is 5.32 Å². The van der Waals surface area contributed by atoms with Crippen LogP contribution in [0.3, 0.4) is 0 Å². The van der Waals surface area contributed by atoms with Gasteiger partial charge in [0.2, 0.25) is 0 Å². The van der Waals surface area contributed by atoms with Gasteiger partial charge >= 0.3 is 0 Å². The van der Waals surface area contributed by atoms with Crippen LogP contribution in [0.2, 0.25) is 0 Å². The van der Waals surface area contributed by atoms with E-state index in [0.29, 0.717) is 13.0 Å². The van der Waals surface area contributed by atoms with E-state index >= 15 is 0 Å². The molecule has 20 heavy (non-hydrogen) atoms. The van der Waals surface area contributed by atoms with E-state index in [2.05, 4.69) is 27.4 Å². The molecule has 0 saturated heterocycles. The lowest BCUT2D eigenvalue weighted by molar-refractivity contribution is 0.678. The van der Waals surface area contributed by atoms with Gasteiger partial charge in [0.15, 0.2) is 0 Å². The Morgan fingerprint density at radius 3 is 2.70 bits per heavy atom. The van der Waals surface area contributed by atoms with Crippen LogP contribution in [0.4, 0.5) is 5.82 Å². The lowest BCUT2D eigenvalue weighted by atomic mass is 10.1. The average molecular weight is 289 g/mol. The maximum atomic E-state index is 11.3. The quantitative estimate of drug-likeness (QED) is 0.886. The van der Waals surface area contributed by atoms with Gasteiger partial charge in [0.1, 0.15) is 11.6 Å². The second-order valence-electron chi connectivity index (χ2n) is 4.71. The third-order valence-corrected chi connectivity index (χ3v) is 4.35. The molecule has 0 unspecified atom stereocenters. The van der Waals surface area contributed by atoms with Crippen LogP contribution >= 0.6 is 0 Å². The van der Waals surface area contributed by atoms with E-state index in [1.54, 1.807) is 12.5 Å². The molecule has 0 aliphatic carbocycles. The van der Waals surface area contributed by atoms with Crippen molar-refractivity contribution < 1.29 is 4.21 Å². The van der Waals surface area contributed by atoms with Crippen molar-refractivity contribution in [3.63, 3.8) is 0 Å². The van der Waals surface area contributed by atoms with Crippen molar-refractivity contribution in [3.05, 3.63) is 54.0 Å². The Morgan fingerprint density at radius 2 is 2.00 bits per heavy atom. The second kappa shape index (κ2) is 7.14. The summed E-state index contributed by atoms with van der Waals surface area (Å²) in [4.78, 5) is 8.76. The molecule has 1 aromatic heterocycles. The van der Waals surface area contributed by atoms with E-state index in [0.717, 1.165) is 11.6 Å². The Morgan fingerprint density at radius 1 is 1.25 bits per heavy atom. The molecular weight excluding hydrogens is 270 g/mol. The molecule has 2 aromatic rings. The van der Waals surface area contributed by atoms with E-state index in [1.165, 1.54) is 5.56 Å². The number of nitrogens with one attached hydrogen (secondary N) is 1. The zero-order valence-corrected chi connectivity index (χ0v) is 12.6. The molecule has 0 aliphatic rings. The van der Waals surface area contributed by atoms with Crippen LogP contribution in [-0.2, 0) is 17.2 Å². The van der Waals surface area contributed by atoms with Crippen LogP contribution in [0.5, 0.6) is 0 Å². The maximum absolute atomic E-state index is 11.3.